The summed E-state index contributed by atoms with van der Waals surface area (Å²) >= 11 is 0. The molecule has 0 spiro atoms. The van der Waals surface area contributed by atoms with Gasteiger partial charge < -0.3 is 0 Å². The van der Waals surface area contributed by atoms with Crippen molar-refractivity contribution in [1.29, 1.82) is 0 Å². The van der Waals surface area contributed by atoms with Crippen molar-refractivity contribution in [3.63, 3.8) is 0 Å². The van der Waals surface area contributed by atoms with Gasteiger partial charge in [-0.25, -0.2) is 0 Å². The number of terminal acetylenes is 1. The van der Waals surface area contributed by atoms with Crippen LogP contribution in [0.4, 0.5) is 0 Å². The Morgan fingerprint density at radius 1 is 1.54 bits per heavy atom. The maximum absolute atomic E-state index is 11.4. The Balaban J connectivity index is 3.82. The molecule has 0 heterocycles. The van der Waals surface area contributed by atoms with Gasteiger partial charge in [-0.15, -0.1) is 6.42 Å². The van der Waals surface area contributed by atoms with Crippen LogP contribution >= 0.6 is 0 Å². The van der Waals surface area contributed by atoms with Gasteiger partial charge in [0.15, 0.2) is 0 Å². The highest BCUT2D eigenvalue weighted by Crippen LogP contribution is 2.04. The molecule has 0 aromatic rings. The van der Waals surface area contributed by atoms with E-state index in [9.17, 15) is 4.79 Å². The average Bonchev–Trinajstić information content (AvgIpc) is 2.10. The zero-order valence-electron chi connectivity index (χ0n) is 8.84. The number of rotatable bonds is 6. The number of nitrogens with zero attached hydrogens (tertiary/aromatic N) is 1. The Bertz CT molecular complexity index is 191. The SMILES string of the molecule is C#CC(CC(=O)CCCC)N(C)C. The zero-order chi connectivity index (χ0) is 10.3. The number of hydrogen-bond donors (Lipinski definition) is 0. The van der Waals surface area contributed by atoms with E-state index in [4.69, 9.17) is 6.42 Å². The van der Waals surface area contributed by atoms with E-state index in [0.29, 0.717) is 12.8 Å². The first-order valence-corrected chi connectivity index (χ1v) is 4.76. The lowest BCUT2D eigenvalue weighted by molar-refractivity contribution is -0.119. The first-order valence-electron chi connectivity index (χ1n) is 4.76. The molecule has 0 aromatic heterocycles. The van der Waals surface area contributed by atoms with Gasteiger partial charge in [0.1, 0.15) is 5.78 Å². The minimum Gasteiger partial charge on any atom is -0.300 e. The lowest BCUT2D eigenvalue weighted by atomic mass is 10.1. The lowest BCUT2D eigenvalue weighted by Crippen LogP contribution is -2.28. The number of Topliss-reactive ketones (excluding diaryl/α,β-unsaturated/α-hetero) is 1. The maximum atomic E-state index is 11.4. The minimum absolute atomic E-state index is 0.0376. The van der Waals surface area contributed by atoms with Crippen LogP contribution < -0.4 is 0 Å². The van der Waals surface area contributed by atoms with Gasteiger partial charge in [0, 0.05) is 12.8 Å². The Kier molecular flexibility index (Phi) is 6.26. The van der Waals surface area contributed by atoms with Gasteiger partial charge in [0.05, 0.1) is 6.04 Å². The number of unbranched alkanes of at least 4 members (excludes halogenated alkanes) is 1. The van der Waals surface area contributed by atoms with E-state index in [1.807, 2.05) is 19.0 Å². The van der Waals surface area contributed by atoms with Gasteiger partial charge in [-0.05, 0) is 20.5 Å². The molecule has 13 heavy (non-hydrogen) atoms. The molecule has 1 atom stereocenters. The second kappa shape index (κ2) is 6.68. The molecule has 2 heteroatoms. The number of ketones is 1. The Morgan fingerprint density at radius 3 is 2.54 bits per heavy atom. The Morgan fingerprint density at radius 2 is 2.15 bits per heavy atom. The molecule has 0 N–H and O–H groups in total. The largest absolute Gasteiger partial charge is 0.300 e. The molecule has 0 bridgehead atoms. The van der Waals surface area contributed by atoms with E-state index in [1.54, 1.807) is 0 Å². The third-order valence-electron chi connectivity index (χ3n) is 2.05. The highest BCUT2D eigenvalue weighted by Gasteiger charge is 2.12. The van der Waals surface area contributed by atoms with Crippen LogP contribution in [0.3, 0.4) is 0 Å². The van der Waals surface area contributed by atoms with Crippen molar-refractivity contribution in [3.05, 3.63) is 0 Å². The van der Waals surface area contributed by atoms with Crippen LogP contribution in [0.25, 0.3) is 0 Å². The van der Waals surface area contributed by atoms with Crippen LogP contribution in [0.1, 0.15) is 32.6 Å². The molecule has 0 aromatic carbocycles. The molecule has 0 saturated carbocycles. The third kappa shape index (κ3) is 5.43. The summed E-state index contributed by atoms with van der Waals surface area (Å²) in [4.78, 5) is 13.3. The molecule has 0 aliphatic rings. The molecule has 74 valence electrons. The zero-order valence-corrected chi connectivity index (χ0v) is 8.84. The summed E-state index contributed by atoms with van der Waals surface area (Å²) in [6.45, 7) is 2.08. The van der Waals surface area contributed by atoms with E-state index in [1.165, 1.54) is 0 Å². The first-order chi connectivity index (χ1) is 6.11. The molecule has 0 fully saturated rings. The van der Waals surface area contributed by atoms with E-state index in [0.717, 1.165) is 12.8 Å². The minimum atomic E-state index is -0.0376. The predicted octanol–water partition coefficient (Wildman–Crippen LogP) is 1.70. The molecular formula is C11H19NO. The van der Waals surface area contributed by atoms with Crippen LogP contribution in [-0.4, -0.2) is 30.8 Å². The van der Waals surface area contributed by atoms with Gasteiger partial charge in [-0.2, -0.15) is 0 Å². The molecule has 0 aliphatic heterocycles. The van der Waals surface area contributed by atoms with E-state index in [-0.39, 0.29) is 11.8 Å². The van der Waals surface area contributed by atoms with Crippen LogP contribution in [0.15, 0.2) is 0 Å². The number of carbonyl (C=O) groups excluding carboxylic acids is 1. The Labute approximate surface area is 81.3 Å². The van der Waals surface area contributed by atoms with E-state index < -0.39 is 0 Å². The molecule has 1 unspecified atom stereocenters. The predicted molar refractivity (Wildman–Crippen MR) is 55.5 cm³/mol. The normalized spacial score (nSPS) is 12.5. The van der Waals surface area contributed by atoms with Gasteiger partial charge in [0.2, 0.25) is 0 Å². The fourth-order valence-corrected chi connectivity index (χ4v) is 1.08. The van der Waals surface area contributed by atoms with Gasteiger partial charge in [0.25, 0.3) is 0 Å². The van der Waals surface area contributed by atoms with Crippen molar-refractivity contribution in [1.82, 2.24) is 4.90 Å². The topological polar surface area (TPSA) is 20.3 Å². The summed E-state index contributed by atoms with van der Waals surface area (Å²) in [6.07, 6.45) is 8.51. The summed E-state index contributed by atoms with van der Waals surface area (Å²) < 4.78 is 0. The van der Waals surface area contributed by atoms with Gasteiger partial charge >= 0.3 is 0 Å². The molecule has 2 nitrogen and oxygen atoms in total. The van der Waals surface area contributed by atoms with Crippen LogP contribution in [0.2, 0.25) is 0 Å². The average molecular weight is 181 g/mol. The first kappa shape index (κ1) is 12.2. The van der Waals surface area contributed by atoms with E-state index >= 15 is 0 Å². The fraction of sp³-hybridized carbons (Fsp3) is 0.727. The monoisotopic (exact) mass is 181 g/mol. The van der Waals surface area contributed by atoms with Crippen LogP contribution in [0, 0.1) is 12.3 Å². The quantitative estimate of drug-likeness (QED) is 0.581. The summed E-state index contributed by atoms with van der Waals surface area (Å²) in [5.41, 5.74) is 0. The molecular weight excluding hydrogens is 162 g/mol. The Hall–Kier alpha value is -0.810. The van der Waals surface area contributed by atoms with Gasteiger partial charge in [-0.3, -0.25) is 9.69 Å². The third-order valence-corrected chi connectivity index (χ3v) is 2.05. The summed E-state index contributed by atoms with van der Waals surface area (Å²) in [5, 5.41) is 0. The highest BCUT2D eigenvalue weighted by molar-refractivity contribution is 5.79. The van der Waals surface area contributed by atoms with Crippen molar-refractivity contribution in [3.8, 4) is 12.3 Å². The molecule has 0 aliphatic carbocycles. The van der Waals surface area contributed by atoms with Gasteiger partial charge in [-0.1, -0.05) is 19.3 Å². The van der Waals surface area contributed by atoms with Crippen molar-refractivity contribution < 1.29 is 4.79 Å². The molecule has 0 radical (unpaired) electrons. The molecule has 0 amide bonds. The van der Waals surface area contributed by atoms with Crippen LogP contribution in [0.5, 0.6) is 0 Å². The second-order valence-electron chi connectivity index (χ2n) is 3.49. The lowest BCUT2D eigenvalue weighted by Gasteiger charge is -2.17. The van der Waals surface area contributed by atoms with Crippen LogP contribution in [-0.2, 0) is 4.79 Å². The van der Waals surface area contributed by atoms with Crippen molar-refractivity contribution in [2.75, 3.05) is 14.1 Å². The summed E-state index contributed by atoms with van der Waals surface area (Å²) in [7, 11) is 3.80. The fourth-order valence-electron chi connectivity index (χ4n) is 1.08. The number of carbonyl (C=O) groups is 1. The number of hydrogen-bond acceptors (Lipinski definition) is 2. The smallest absolute Gasteiger partial charge is 0.135 e. The standard InChI is InChI=1S/C11H19NO/c1-5-7-8-11(13)9-10(6-2)12(3)4/h2,10H,5,7-9H2,1,3-4H3. The van der Waals surface area contributed by atoms with Crippen molar-refractivity contribution in [2.45, 2.75) is 38.6 Å². The summed E-state index contributed by atoms with van der Waals surface area (Å²) in [5.74, 6) is 2.89. The second-order valence-corrected chi connectivity index (χ2v) is 3.49. The van der Waals surface area contributed by atoms with E-state index in [2.05, 4.69) is 12.8 Å². The summed E-state index contributed by atoms with van der Waals surface area (Å²) in [6, 6.07) is -0.0376. The molecule has 0 rings (SSSR count). The molecule has 0 saturated heterocycles. The van der Waals surface area contributed by atoms with Crippen molar-refractivity contribution >= 4 is 5.78 Å². The maximum Gasteiger partial charge on any atom is 0.135 e. The highest BCUT2D eigenvalue weighted by atomic mass is 16.1. The van der Waals surface area contributed by atoms with Crippen molar-refractivity contribution in [2.24, 2.45) is 0 Å².